The molecule has 2 fully saturated rings. The highest BCUT2D eigenvalue weighted by Gasteiger charge is 2.35. The molecule has 6 heteroatoms. The van der Waals surface area contributed by atoms with Crippen molar-refractivity contribution in [1.29, 1.82) is 0 Å². The molecule has 0 bridgehead atoms. The van der Waals surface area contributed by atoms with Gasteiger partial charge in [0.25, 0.3) is 0 Å². The van der Waals surface area contributed by atoms with Crippen molar-refractivity contribution in [1.82, 2.24) is 9.88 Å². The maximum atomic E-state index is 13.1. The van der Waals surface area contributed by atoms with Crippen LogP contribution in [0.1, 0.15) is 57.4 Å². The van der Waals surface area contributed by atoms with Crippen molar-refractivity contribution >= 4 is 17.2 Å². The van der Waals surface area contributed by atoms with Crippen LogP contribution >= 0.6 is 11.3 Å². The van der Waals surface area contributed by atoms with Crippen molar-refractivity contribution in [2.24, 2.45) is 5.92 Å². The number of hydrogen-bond donors (Lipinski definition) is 0. The Labute approximate surface area is 148 Å². The molecule has 1 saturated carbocycles. The Bertz CT molecular complexity index is 524. The lowest BCUT2D eigenvalue weighted by Gasteiger charge is -2.28. The van der Waals surface area contributed by atoms with E-state index in [0.29, 0.717) is 19.7 Å². The van der Waals surface area contributed by atoms with Gasteiger partial charge < -0.3 is 14.4 Å². The van der Waals surface area contributed by atoms with E-state index in [1.165, 1.54) is 12.8 Å². The zero-order chi connectivity index (χ0) is 17.0. The summed E-state index contributed by atoms with van der Waals surface area (Å²) in [5.41, 5.74) is 0. The number of carbonyl (C=O) groups is 1. The third-order valence-electron chi connectivity index (χ3n) is 4.82. The summed E-state index contributed by atoms with van der Waals surface area (Å²) in [6.07, 6.45) is 8.60. The highest BCUT2D eigenvalue weighted by atomic mass is 32.1. The summed E-state index contributed by atoms with van der Waals surface area (Å²) in [5.74, 6) is -0.133. The first-order chi connectivity index (χ1) is 11.5. The zero-order valence-corrected chi connectivity index (χ0v) is 15.5. The van der Waals surface area contributed by atoms with Gasteiger partial charge in [0.1, 0.15) is 11.1 Å². The van der Waals surface area contributed by atoms with E-state index < -0.39 is 5.79 Å². The van der Waals surface area contributed by atoms with Crippen LogP contribution in [0.3, 0.4) is 0 Å². The van der Waals surface area contributed by atoms with Crippen LogP contribution in [-0.4, -0.2) is 40.8 Å². The third kappa shape index (κ3) is 4.77. The van der Waals surface area contributed by atoms with Crippen LogP contribution < -0.4 is 0 Å². The second-order valence-corrected chi connectivity index (χ2v) is 8.26. The van der Waals surface area contributed by atoms with Crippen molar-refractivity contribution < 1.29 is 14.3 Å². The molecule has 0 spiro atoms. The molecule has 24 heavy (non-hydrogen) atoms. The van der Waals surface area contributed by atoms with E-state index in [0.717, 1.165) is 30.7 Å². The van der Waals surface area contributed by atoms with E-state index in [-0.39, 0.29) is 17.9 Å². The highest BCUT2D eigenvalue weighted by Crippen LogP contribution is 2.27. The summed E-state index contributed by atoms with van der Waals surface area (Å²) in [5, 5.41) is 2.94. The van der Waals surface area contributed by atoms with Crippen molar-refractivity contribution in [3.8, 4) is 0 Å². The minimum Gasteiger partial charge on any atom is -0.348 e. The van der Waals surface area contributed by atoms with Gasteiger partial charge in [0.15, 0.2) is 5.79 Å². The van der Waals surface area contributed by atoms with Gasteiger partial charge in [-0.3, -0.25) is 4.79 Å². The molecule has 0 N–H and O–H groups in total. The molecular formula is C18H28N2O3S. The molecule has 1 aromatic heterocycles. The maximum Gasteiger partial charge on any atom is 0.226 e. The van der Waals surface area contributed by atoms with Crippen molar-refractivity contribution in [2.75, 3.05) is 13.2 Å². The first-order valence-corrected chi connectivity index (χ1v) is 9.90. The number of thiazole rings is 1. The molecule has 134 valence electrons. The molecule has 0 unspecified atom stereocenters. The highest BCUT2D eigenvalue weighted by molar-refractivity contribution is 7.09. The first-order valence-electron chi connectivity index (χ1n) is 9.02. The number of amides is 1. The summed E-state index contributed by atoms with van der Waals surface area (Å²) >= 11 is 1.60. The predicted octanol–water partition coefficient (Wildman–Crippen LogP) is 3.59. The van der Waals surface area contributed by atoms with Gasteiger partial charge in [0, 0.05) is 24.0 Å². The van der Waals surface area contributed by atoms with Crippen LogP contribution in [0.5, 0.6) is 0 Å². The van der Waals surface area contributed by atoms with Crippen LogP contribution in [0.4, 0.5) is 0 Å². The van der Waals surface area contributed by atoms with E-state index in [2.05, 4.69) is 4.98 Å². The Morgan fingerprint density at radius 3 is 2.67 bits per heavy atom. The Morgan fingerprint density at radius 1 is 1.33 bits per heavy atom. The van der Waals surface area contributed by atoms with E-state index in [1.807, 2.05) is 24.1 Å². The van der Waals surface area contributed by atoms with E-state index in [1.54, 1.807) is 17.5 Å². The van der Waals surface area contributed by atoms with E-state index in [9.17, 15) is 4.79 Å². The number of rotatable bonds is 5. The van der Waals surface area contributed by atoms with Crippen LogP contribution in [-0.2, 0) is 20.8 Å². The van der Waals surface area contributed by atoms with E-state index >= 15 is 0 Å². The van der Waals surface area contributed by atoms with E-state index in [4.69, 9.17) is 9.47 Å². The van der Waals surface area contributed by atoms with Crippen LogP contribution in [0.25, 0.3) is 0 Å². The average Bonchev–Trinajstić information content (AvgIpc) is 3.07. The van der Waals surface area contributed by atoms with Crippen molar-refractivity contribution in [2.45, 2.75) is 70.8 Å². The average molecular weight is 353 g/mol. The fourth-order valence-corrected chi connectivity index (χ4v) is 4.24. The lowest BCUT2D eigenvalue weighted by Crippen LogP contribution is -2.41. The molecule has 1 aromatic rings. The Morgan fingerprint density at radius 2 is 2.08 bits per heavy atom. The molecule has 2 heterocycles. The van der Waals surface area contributed by atoms with Gasteiger partial charge >= 0.3 is 0 Å². The summed E-state index contributed by atoms with van der Waals surface area (Å²) in [6, 6.07) is 0. The number of ether oxygens (including phenoxy) is 2. The predicted molar refractivity (Wildman–Crippen MR) is 93.6 cm³/mol. The summed E-state index contributed by atoms with van der Waals surface area (Å²) < 4.78 is 11.6. The zero-order valence-electron chi connectivity index (χ0n) is 14.7. The third-order valence-corrected chi connectivity index (χ3v) is 5.58. The normalized spacial score (nSPS) is 24.7. The Hall–Kier alpha value is -0.980. The van der Waals surface area contributed by atoms with Crippen LogP contribution in [0.15, 0.2) is 11.6 Å². The van der Waals surface area contributed by atoms with Crippen LogP contribution in [0.2, 0.25) is 0 Å². The molecule has 0 radical (unpaired) electrons. The first kappa shape index (κ1) is 17.8. The minimum absolute atomic E-state index is 0.0605. The second-order valence-electron chi connectivity index (χ2n) is 7.28. The topological polar surface area (TPSA) is 51.7 Å². The lowest BCUT2D eigenvalue weighted by molar-refractivity contribution is -0.149. The molecule has 2 aliphatic rings. The molecule has 3 rings (SSSR count). The number of carbonyl (C=O) groups excluding carboxylic acids is 1. The molecular weight excluding hydrogens is 324 g/mol. The van der Waals surface area contributed by atoms with Gasteiger partial charge in [0.05, 0.1) is 13.2 Å². The molecule has 1 aliphatic heterocycles. The quantitative estimate of drug-likeness (QED) is 0.760. The molecule has 0 aromatic carbocycles. The SMILES string of the molecule is CC1(C)OC[C@@H](CN(Cc2nccs2)C(=O)C2CCCCCC2)O1. The maximum absolute atomic E-state index is 13.1. The number of aromatic nitrogens is 1. The fraction of sp³-hybridized carbons (Fsp3) is 0.778. The minimum atomic E-state index is -0.553. The molecule has 1 atom stereocenters. The largest absolute Gasteiger partial charge is 0.348 e. The monoisotopic (exact) mass is 352 g/mol. The smallest absolute Gasteiger partial charge is 0.226 e. The Balaban J connectivity index is 1.67. The van der Waals surface area contributed by atoms with Crippen molar-refractivity contribution in [3.63, 3.8) is 0 Å². The number of hydrogen-bond acceptors (Lipinski definition) is 5. The van der Waals surface area contributed by atoms with Crippen molar-refractivity contribution in [3.05, 3.63) is 16.6 Å². The van der Waals surface area contributed by atoms with Gasteiger partial charge in [-0.1, -0.05) is 25.7 Å². The van der Waals surface area contributed by atoms with Crippen LogP contribution in [0, 0.1) is 5.92 Å². The lowest BCUT2D eigenvalue weighted by atomic mass is 9.98. The van der Waals surface area contributed by atoms with Gasteiger partial charge in [-0.2, -0.15) is 0 Å². The Kier molecular flexibility index (Phi) is 5.89. The van der Waals surface area contributed by atoms with Gasteiger partial charge in [-0.25, -0.2) is 4.98 Å². The number of nitrogens with zero attached hydrogens (tertiary/aromatic N) is 2. The summed E-state index contributed by atoms with van der Waals surface area (Å²) in [4.78, 5) is 19.4. The summed E-state index contributed by atoms with van der Waals surface area (Å²) in [7, 11) is 0. The second kappa shape index (κ2) is 7.93. The van der Waals surface area contributed by atoms with Gasteiger partial charge in [-0.05, 0) is 26.7 Å². The summed E-state index contributed by atoms with van der Waals surface area (Å²) in [6.45, 7) is 5.54. The standard InChI is InChI=1S/C18H28N2O3S/c1-18(2)22-13-15(23-18)11-20(12-16-19-9-10-24-16)17(21)14-7-5-3-4-6-8-14/h9-10,14-15H,3-8,11-13H2,1-2H3/t15-/m1/s1. The molecule has 5 nitrogen and oxygen atoms in total. The molecule has 1 amide bonds. The van der Waals surface area contributed by atoms with Gasteiger partial charge in [-0.15, -0.1) is 11.3 Å². The molecule has 1 saturated heterocycles. The fourth-order valence-electron chi connectivity index (χ4n) is 3.61. The molecule has 1 aliphatic carbocycles. The van der Waals surface area contributed by atoms with Gasteiger partial charge in [0.2, 0.25) is 5.91 Å².